The van der Waals surface area contributed by atoms with Gasteiger partial charge in [0, 0.05) is 0 Å². The van der Waals surface area contributed by atoms with Crippen LogP contribution in [0, 0.1) is 0 Å². The largest absolute Gasteiger partial charge is 0.373 e. The molecule has 2 rings (SSSR count). The van der Waals surface area contributed by atoms with Crippen LogP contribution < -0.4 is 0 Å². The van der Waals surface area contributed by atoms with Crippen molar-refractivity contribution in [1.82, 2.24) is 0 Å². The molecule has 2 aliphatic heterocycles. The zero-order chi connectivity index (χ0) is 6.97. The lowest BCUT2D eigenvalue weighted by Gasteiger charge is -2.07. The highest BCUT2D eigenvalue weighted by molar-refractivity contribution is 4.77. The molecule has 10 heavy (non-hydrogen) atoms. The predicted octanol–water partition coefficient (Wildman–Crippen LogP) is 0.189. The Hall–Kier alpha value is -0.120. The smallest absolute Gasteiger partial charge is 0.107 e. The molecule has 2 fully saturated rings. The van der Waals surface area contributed by atoms with E-state index < -0.39 is 0 Å². The van der Waals surface area contributed by atoms with Crippen LogP contribution in [0.25, 0.3) is 0 Å². The summed E-state index contributed by atoms with van der Waals surface area (Å²) < 4.78 is 15.5. The molecule has 3 unspecified atom stereocenters. The van der Waals surface area contributed by atoms with E-state index in [1.807, 2.05) is 6.92 Å². The van der Waals surface area contributed by atoms with E-state index in [0.29, 0.717) is 12.2 Å². The van der Waals surface area contributed by atoms with Gasteiger partial charge in [-0.15, -0.1) is 0 Å². The first-order chi connectivity index (χ1) is 4.86. The first-order valence-corrected chi connectivity index (χ1v) is 3.71. The highest BCUT2D eigenvalue weighted by atomic mass is 16.6. The molecule has 0 N–H and O–H groups in total. The number of epoxide rings is 2. The van der Waals surface area contributed by atoms with Gasteiger partial charge in [0.1, 0.15) is 12.2 Å². The van der Waals surface area contributed by atoms with Gasteiger partial charge in [0.2, 0.25) is 0 Å². The van der Waals surface area contributed by atoms with Gasteiger partial charge in [-0.25, -0.2) is 0 Å². The zero-order valence-electron chi connectivity index (χ0n) is 6.08. The monoisotopic (exact) mass is 144 g/mol. The van der Waals surface area contributed by atoms with Crippen LogP contribution in [-0.4, -0.2) is 38.1 Å². The fourth-order valence-electron chi connectivity index (χ4n) is 0.857. The van der Waals surface area contributed by atoms with E-state index in [1.54, 1.807) is 0 Å². The molecule has 2 aliphatic rings. The molecule has 58 valence electrons. The molecule has 2 heterocycles. The molecule has 0 aromatic heterocycles. The number of hydrogen-bond acceptors (Lipinski definition) is 3. The fourth-order valence-corrected chi connectivity index (χ4v) is 0.857. The van der Waals surface area contributed by atoms with Crippen molar-refractivity contribution in [2.45, 2.75) is 25.2 Å². The maximum atomic E-state index is 5.44. The minimum atomic E-state index is 0.254. The Balaban J connectivity index is 1.58. The van der Waals surface area contributed by atoms with Gasteiger partial charge < -0.3 is 14.2 Å². The molecule has 0 saturated carbocycles. The highest BCUT2D eigenvalue weighted by Crippen LogP contribution is 2.18. The van der Waals surface area contributed by atoms with Gasteiger partial charge in [0.15, 0.2) is 0 Å². The summed E-state index contributed by atoms with van der Waals surface area (Å²) in [6, 6.07) is 0. The van der Waals surface area contributed by atoms with Crippen molar-refractivity contribution in [3.05, 3.63) is 0 Å². The van der Waals surface area contributed by atoms with Crippen molar-refractivity contribution in [1.29, 1.82) is 0 Å². The first-order valence-electron chi connectivity index (χ1n) is 3.71. The van der Waals surface area contributed by atoms with E-state index in [4.69, 9.17) is 14.2 Å². The van der Waals surface area contributed by atoms with Crippen LogP contribution in [0.5, 0.6) is 0 Å². The standard InChI is InChI=1S/C7H12O3/c1-5(7-4-10-7)8-2-6-3-9-6/h5-7H,2-4H2,1H3. The molecule has 0 radical (unpaired) electrons. The van der Waals surface area contributed by atoms with Crippen LogP contribution in [0.2, 0.25) is 0 Å². The van der Waals surface area contributed by atoms with E-state index in [0.717, 1.165) is 19.8 Å². The van der Waals surface area contributed by atoms with Gasteiger partial charge in [0.05, 0.1) is 25.9 Å². The minimum absolute atomic E-state index is 0.254. The molecule has 0 aromatic rings. The van der Waals surface area contributed by atoms with Crippen LogP contribution in [-0.2, 0) is 14.2 Å². The second kappa shape index (κ2) is 2.49. The van der Waals surface area contributed by atoms with Crippen LogP contribution in [0.3, 0.4) is 0 Å². The van der Waals surface area contributed by atoms with E-state index in [9.17, 15) is 0 Å². The van der Waals surface area contributed by atoms with Gasteiger partial charge in [-0.2, -0.15) is 0 Å². The molecule has 3 heteroatoms. The zero-order valence-corrected chi connectivity index (χ0v) is 6.08. The lowest BCUT2D eigenvalue weighted by atomic mass is 10.3. The molecule has 0 bridgehead atoms. The first kappa shape index (κ1) is 6.58. The predicted molar refractivity (Wildman–Crippen MR) is 34.9 cm³/mol. The fraction of sp³-hybridized carbons (Fsp3) is 1.00. The number of ether oxygens (including phenoxy) is 3. The average Bonchev–Trinajstić information content (AvgIpc) is 2.76. The Kier molecular flexibility index (Phi) is 1.64. The average molecular weight is 144 g/mol. The highest BCUT2D eigenvalue weighted by Gasteiger charge is 2.32. The third kappa shape index (κ3) is 1.68. The Morgan fingerprint density at radius 3 is 2.70 bits per heavy atom. The summed E-state index contributed by atoms with van der Waals surface area (Å²) in [7, 11) is 0. The second-order valence-electron chi connectivity index (χ2n) is 2.87. The van der Waals surface area contributed by atoms with Crippen LogP contribution in [0.1, 0.15) is 6.92 Å². The molecule has 3 nitrogen and oxygen atoms in total. The lowest BCUT2D eigenvalue weighted by molar-refractivity contribution is 0.0363. The van der Waals surface area contributed by atoms with Crippen molar-refractivity contribution >= 4 is 0 Å². The molecular formula is C7H12O3. The molecule has 0 aliphatic carbocycles. The second-order valence-corrected chi connectivity index (χ2v) is 2.87. The summed E-state index contributed by atoms with van der Waals surface area (Å²) in [6.07, 6.45) is 0.990. The van der Waals surface area contributed by atoms with E-state index in [1.165, 1.54) is 0 Å². The van der Waals surface area contributed by atoms with Gasteiger partial charge in [0.25, 0.3) is 0 Å². The molecular weight excluding hydrogens is 132 g/mol. The van der Waals surface area contributed by atoms with Gasteiger partial charge in [-0.05, 0) is 6.92 Å². The van der Waals surface area contributed by atoms with Gasteiger partial charge in [-0.1, -0.05) is 0 Å². The van der Waals surface area contributed by atoms with Gasteiger partial charge >= 0.3 is 0 Å². The van der Waals surface area contributed by atoms with E-state index in [2.05, 4.69) is 0 Å². The van der Waals surface area contributed by atoms with Crippen molar-refractivity contribution in [3.63, 3.8) is 0 Å². The normalized spacial score (nSPS) is 39.3. The number of rotatable bonds is 4. The summed E-state index contributed by atoms with van der Waals surface area (Å²) in [5, 5.41) is 0. The molecule has 2 saturated heterocycles. The third-order valence-corrected chi connectivity index (χ3v) is 1.83. The summed E-state index contributed by atoms with van der Waals surface area (Å²) in [4.78, 5) is 0. The van der Waals surface area contributed by atoms with Gasteiger partial charge in [-0.3, -0.25) is 0 Å². The SMILES string of the molecule is CC(OCC1CO1)C1CO1. The lowest BCUT2D eigenvalue weighted by Crippen LogP contribution is -2.18. The summed E-state index contributed by atoms with van der Waals surface area (Å²) >= 11 is 0. The van der Waals surface area contributed by atoms with E-state index in [-0.39, 0.29) is 6.10 Å². The maximum Gasteiger partial charge on any atom is 0.107 e. The third-order valence-electron chi connectivity index (χ3n) is 1.83. The van der Waals surface area contributed by atoms with Crippen molar-refractivity contribution in [2.75, 3.05) is 19.8 Å². The Morgan fingerprint density at radius 2 is 2.20 bits per heavy atom. The molecule has 0 spiro atoms. The van der Waals surface area contributed by atoms with Crippen molar-refractivity contribution < 1.29 is 14.2 Å². The Labute approximate surface area is 60.3 Å². The molecule has 0 aromatic carbocycles. The molecule has 3 atom stereocenters. The summed E-state index contributed by atoms with van der Waals surface area (Å²) in [5.74, 6) is 0. The Bertz CT molecular complexity index is 118. The van der Waals surface area contributed by atoms with Crippen molar-refractivity contribution in [3.8, 4) is 0 Å². The van der Waals surface area contributed by atoms with E-state index >= 15 is 0 Å². The number of hydrogen-bond donors (Lipinski definition) is 0. The Morgan fingerprint density at radius 1 is 1.50 bits per heavy atom. The van der Waals surface area contributed by atoms with Crippen LogP contribution in [0.15, 0.2) is 0 Å². The maximum absolute atomic E-state index is 5.44. The minimum Gasteiger partial charge on any atom is -0.373 e. The summed E-state index contributed by atoms with van der Waals surface area (Å²) in [6.45, 7) is 4.52. The topological polar surface area (TPSA) is 34.3 Å². The molecule has 0 amide bonds. The van der Waals surface area contributed by atoms with Crippen LogP contribution in [0.4, 0.5) is 0 Å². The van der Waals surface area contributed by atoms with Crippen molar-refractivity contribution in [2.24, 2.45) is 0 Å². The quantitative estimate of drug-likeness (QED) is 0.528. The van der Waals surface area contributed by atoms with Crippen LogP contribution >= 0.6 is 0 Å². The summed E-state index contributed by atoms with van der Waals surface area (Å²) in [5.41, 5.74) is 0.